The van der Waals surface area contributed by atoms with Crippen LogP contribution in [0.25, 0.3) is 0 Å². The van der Waals surface area contributed by atoms with Gasteiger partial charge in [-0.1, -0.05) is 43.9 Å². The zero-order valence-electron chi connectivity index (χ0n) is 17.5. The van der Waals surface area contributed by atoms with E-state index in [-0.39, 0.29) is 17.9 Å². The maximum Gasteiger partial charge on any atom is 0.343 e. The van der Waals surface area contributed by atoms with Crippen LogP contribution in [0.5, 0.6) is 0 Å². The van der Waals surface area contributed by atoms with E-state index >= 15 is 0 Å². The number of para-hydroxylation sites is 1. The molecular formula is C22H32N4O3. The van der Waals surface area contributed by atoms with Gasteiger partial charge in [0.1, 0.15) is 0 Å². The molecule has 1 aliphatic heterocycles. The summed E-state index contributed by atoms with van der Waals surface area (Å²) >= 11 is 0. The van der Waals surface area contributed by atoms with Crippen LogP contribution in [0.1, 0.15) is 38.5 Å². The minimum Gasteiger partial charge on any atom is -0.348 e. The number of urea groups is 1. The molecule has 1 aromatic carbocycles. The van der Waals surface area contributed by atoms with Gasteiger partial charge in [-0.15, -0.1) is 0 Å². The number of hydrazine groups is 1. The molecule has 4 amide bonds. The van der Waals surface area contributed by atoms with Crippen molar-refractivity contribution in [1.29, 1.82) is 0 Å². The Balaban J connectivity index is 1.73. The second-order valence-electron chi connectivity index (χ2n) is 8.24. The zero-order chi connectivity index (χ0) is 20.8. The molecule has 1 aliphatic carbocycles. The van der Waals surface area contributed by atoms with Crippen molar-refractivity contribution in [2.24, 2.45) is 11.8 Å². The molecule has 0 bridgehead atoms. The third-order valence-corrected chi connectivity index (χ3v) is 6.07. The van der Waals surface area contributed by atoms with E-state index in [1.165, 1.54) is 17.7 Å². The van der Waals surface area contributed by atoms with Crippen LogP contribution < -0.4 is 4.90 Å². The molecule has 7 nitrogen and oxygen atoms in total. The highest BCUT2D eigenvalue weighted by Crippen LogP contribution is 2.32. The highest BCUT2D eigenvalue weighted by Gasteiger charge is 2.37. The molecule has 0 aromatic heterocycles. The Kier molecular flexibility index (Phi) is 7.12. The standard InChI is InChI=1S/C22H32N4O3/c1-23(17-27)16-19(15-18-9-6-7-10-18)21(28)25-13-8-14-26(25)22(29)24(2)20-11-4-3-5-12-20/h3-5,11-12,17-19H,6-10,13-16H2,1-2H3/t19-/m1/s1. The Morgan fingerprint density at radius 1 is 1.07 bits per heavy atom. The van der Waals surface area contributed by atoms with Crippen molar-refractivity contribution in [2.75, 3.05) is 38.6 Å². The summed E-state index contributed by atoms with van der Waals surface area (Å²) < 4.78 is 0. The maximum absolute atomic E-state index is 13.4. The largest absolute Gasteiger partial charge is 0.348 e. The van der Waals surface area contributed by atoms with E-state index in [9.17, 15) is 14.4 Å². The predicted molar refractivity (Wildman–Crippen MR) is 112 cm³/mol. The Hall–Kier alpha value is -2.57. The number of hydrogen-bond acceptors (Lipinski definition) is 3. The molecule has 1 aromatic rings. The number of hydrogen-bond donors (Lipinski definition) is 0. The van der Waals surface area contributed by atoms with Gasteiger partial charge in [-0.05, 0) is 30.9 Å². The molecule has 2 aliphatic rings. The number of benzene rings is 1. The van der Waals surface area contributed by atoms with Gasteiger partial charge < -0.3 is 4.90 Å². The van der Waals surface area contributed by atoms with E-state index in [2.05, 4.69) is 0 Å². The molecule has 1 saturated heterocycles. The lowest BCUT2D eigenvalue weighted by Crippen LogP contribution is -2.52. The van der Waals surface area contributed by atoms with E-state index < -0.39 is 0 Å². The third-order valence-electron chi connectivity index (χ3n) is 6.07. The Labute approximate surface area is 173 Å². The van der Waals surface area contributed by atoms with Crippen molar-refractivity contribution in [3.63, 3.8) is 0 Å². The van der Waals surface area contributed by atoms with Gasteiger partial charge in [0.25, 0.3) is 0 Å². The van der Waals surface area contributed by atoms with Gasteiger partial charge in [0.2, 0.25) is 12.3 Å². The molecule has 0 spiro atoms. The third kappa shape index (κ3) is 5.08. The lowest BCUT2D eigenvalue weighted by molar-refractivity contribution is -0.146. The quantitative estimate of drug-likeness (QED) is 0.661. The van der Waals surface area contributed by atoms with E-state index in [0.29, 0.717) is 25.6 Å². The van der Waals surface area contributed by atoms with Crippen LogP contribution in [0.4, 0.5) is 10.5 Å². The van der Waals surface area contributed by atoms with Crippen LogP contribution in [0, 0.1) is 11.8 Å². The molecule has 0 unspecified atom stereocenters. The Bertz CT molecular complexity index is 705. The summed E-state index contributed by atoms with van der Waals surface area (Å²) in [5.41, 5.74) is 0.792. The lowest BCUT2D eigenvalue weighted by atomic mass is 9.92. The van der Waals surface area contributed by atoms with Crippen LogP contribution in [-0.2, 0) is 9.59 Å². The number of nitrogens with zero attached hydrogens (tertiary/aromatic N) is 4. The fourth-order valence-corrected chi connectivity index (χ4v) is 4.48. The van der Waals surface area contributed by atoms with Crippen molar-refractivity contribution < 1.29 is 14.4 Å². The minimum absolute atomic E-state index is 0.0436. The van der Waals surface area contributed by atoms with E-state index in [1.807, 2.05) is 30.3 Å². The summed E-state index contributed by atoms with van der Waals surface area (Å²) in [5, 5.41) is 3.18. The fourth-order valence-electron chi connectivity index (χ4n) is 4.48. The average molecular weight is 401 g/mol. The molecule has 1 heterocycles. The monoisotopic (exact) mass is 400 g/mol. The molecule has 0 radical (unpaired) electrons. The van der Waals surface area contributed by atoms with Crippen molar-refractivity contribution in [3.8, 4) is 0 Å². The van der Waals surface area contributed by atoms with Crippen LogP contribution in [-0.4, -0.2) is 67.0 Å². The molecule has 1 saturated carbocycles. The number of carbonyl (C=O) groups is 3. The predicted octanol–water partition coefficient (Wildman–Crippen LogP) is 2.98. The Morgan fingerprint density at radius 3 is 2.38 bits per heavy atom. The first-order valence-electron chi connectivity index (χ1n) is 10.6. The highest BCUT2D eigenvalue weighted by molar-refractivity contribution is 5.93. The van der Waals surface area contributed by atoms with Gasteiger partial charge in [-0.25, -0.2) is 14.8 Å². The maximum atomic E-state index is 13.4. The van der Waals surface area contributed by atoms with E-state index in [0.717, 1.165) is 37.8 Å². The highest BCUT2D eigenvalue weighted by atomic mass is 16.2. The molecule has 29 heavy (non-hydrogen) atoms. The molecule has 7 heteroatoms. The number of amides is 4. The first-order chi connectivity index (χ1) is 14.0. The van der Waals surface area contributed by atoms with Crippen molar-refractivity contribution in [3.05, 3.63) is 30.3 Å². The molecule has 2 fully saturated rings. The van der Waals surface area contributed by atoms with Gasteiger partial charge in [0.05, 0.1) is 5.92 Å². The number of anilines is 1. The lowest BCUT2D eigenvalue weighted by Gasteiger charge is -2.34. The van der Waals surface area contributed by atoms with Gasteiger partial charge in [-0.3, -0.25) is 14.5 Å². The Morgan fingerprint density at radius 2 is 1.72 bits per heavy atom. The van der Waals surface area contributed by atoms with Crippen molar-refractivity contribution in [2.45, 2.75) is 38.5 Å². The first kappa shape index (κ1) is 21.1. The topological polar surface area (TPSA) is 64.2 Å². The van der Waals surface area contributed by atoms with Crippen LogP contribution in [0.15, 0.2) is 30.3 Å². The summed E-state index contributed by atoms with van der Waals surface area (Å²) in [6, 6.07) is 9.23. The summed E-state index contributed by atoms with van der Waals surface area (Å²) in [5.74, 6) is 0.212. The second kappa shape index (κ2) is 9.76. The second-order valence-corrected chi connectivity index (χ2v) is 8.24. The summed E-state index contributed by atoms with van der Waals surface area (Å²) in [6.45, 7) is 1.46. The van der Waals surface area contributed by atoms with Crippen molar-refractivity contribution in [1.82, 2.24) is 14.9 Å². The van der Waals surface area contributed by atoms with Crippen molar-refractivity contribution >= 4 is 24.0 Å². The molecular weight excluding hydrogens is 368 g/mol. The molecule has 0 N–H and O–H groups in total. The van der Waals surface area contributed by atoms with Crippen LogP contribution in [0.3, 0.4) is 0 Å². The van der Waals surface area contributed by atoms with Gasteiger partial charge in [0.15, 0.2) is 0 Å². The average Bonchev–Trinajstić information content (AvgIpc) is 3.44. The van der Waals surface area contributed by atoms with Crippen LogP contribution in [0.2, 0.25) is 0 Å². The number of carbonyl (C=O) groups excluding carboxylic acids is 3. The molecule has 158 valence electrons. The van der Waals surface area contributed by atoms with E-state index in [1.54, 1.807) is 29.0 Å². The summed E-state index contributed by atoms with van der Waals surface area (Å²) in [4.78, 5) is 40.8. The summed E-state index contributed by atoms with van der Waals surface area (Å²) in [6.07, 6.45) is 7.04. The summed E-state index contributed by atoms with van der Waals surface area (Å²) in [7, 11) is 3.44. The van der Waals surface area contributed by atoms with E-state index in [4.69, 9.17) is 0 Å². The minimum atomic E-state index is -0.274. The first-order valence-corrected chi connectivity index (χ1v) is 10.6. The SMILES string of the molecule is CN(C=O)C[C@@H](CC1CCCC1)C(=O)N1CCCN1C(=O)N(C)c1ccccc1. The molecule has 3 rings (SSSR count). The van der Waals surface area contributed by atoms with Crippen LogP contribution >= 0.6 is 0 Å². The van der Waals surface area contributed by atoms with Gasteiger partial charge in [0, 0.05) is 39.4 Å². The normalized spacial score (nSPS) is 18.0. The smallest absolute Gasteiger partial charge is 0.343 e. The van der Waals surface area contributed by atoms with Gasteiger partial charge in [-0.2, -0.15) is 0 Å². The molecule has 1 atom stereocenters. The van der Waals surface area contributed by atoms with Gasteiger partial charge >= 0.3 is 6.03 Å². The zero-order valence-corrected chi connectivity index (χ0v) is 17.5. The number of rotatable bonds is 7. The fraction of sp³-hybridized carbons (Fsp3) is 0.591.